The molecule has 0 saturated heterocycles. The Morgan fingerprint density at radius 2 is 0.545 bits per heavy atom. The standard InChI is InChI=1S/C66H108/c1-5-21-46(22-6-1)51-41-42-60(62(44-51)49-27-11-4-12-28-49)64-54-31-15-19-35-58(54)66(59-36-20-16-32-55(59)64)65-56-33-17-13-29-52(56)63(53-30-14-18-34-57(53)65)50-39-37-45(38-40-50)43-61(47-23-7-2-8-24-47)48-25-9-3-10-26-48/h43,45-60,62-66H,1-42,44H2. The summed E-state index contributed by atoms with van der Waals surface area (Å²) in [7, 11) is 0. The van der Waals surface area contributed by atoms with Gasteiger partial charge >= 0.3 is 0 Å². The summed E-state index contributed by atoms with van der Waals surface area (Å²) in [5, 5.41) is 0. The largest absolute Gasteiger partial charge is 0.0817 e. The van der Waals surface area contributed by atoms with E-state index in [1.54, 1.807) is 205 Å². The van der Waals surface area contributed by atoms with Gasteiger partial charge in [0.15, 0.2) is 0 Å². The molecule has 0 aromatic heterocycles. The Morgan fingerprint density at radius 3 is 0.985 bits per heavy atom. The van der Waals surface area contributed by atoms with E-state index in [0.29, 0.717) is 0 Å². The van der Waals surface area contributed by atoms with E-state index in [9.17, 15) is 0 Å². The summed E-state index contributed by atoms with van der Waals surface area (Å²) in [6, 6.07) is 0. The molecule has 0 aromatic rings. The third-order valence-electron chi connectivity index (χ3n) is 25.9. The summed E-state index contributed by atoms with van der Waals surface area (Å²) in [5.41, 5.74) is 2.03. The van der Waals surface area contributed by atoms with Gasteiger partial charge in [-0.25, -0.2) is 0 Å². The predicted octanol–water partition coefficient (Wildman–Crippen LogP) is 19.8. The molecule has 12 fully saturated rings. The molecule has 0 bridgehead atoms. The minimum atomic E-state index is 0.919. The summed E-state index contributed by atoms with van der Waals surface area (Å²) in [6.45, 7) is 0. The maximum absolute atomic E-state index is 3.04. The molecule has 0 N–H and O–H groups in total. The van der Waals surface area contributed by atoms with Gasteiger partial charge in [-0.15, -0.1) is 0 Å². The number of rotatable bonds is 8. The van der Waals surface area contributed by atoms with Crippen LogP contribution in [0.4, 0.5) is 0 Å². The quantitative estimate of drug-likeness (QED) is 0.213. The molecular weight excluding hydrogens is 793 g/mol. The Labute approximate surface area is 410 Å². The van der Waals surface area contributed by atoms with E-state index in [1.807, 2.05) is 5.57 Å². The van der Waals surface area contributed by atoms with Crippen LogP contribution in [0.15, 0.2) is 11.6 Å². The van der Waals surface area contributed by atoms with Crippen LogP contribution >= 0.6 is 0 Å². The van der Waals surface area contributed by atoms with Crippen LogP contribution in [0.1, 0.15) is 276 Å². The molecule has 11 unspecified atom stereocenters. The minimum Gasteiger partial charge on any atom is -0.0817 e. The van der Waals surface area contributed by atoms with Crippen molar-refractivity contribution in [2.45, 2.75) is 276 Å². The Kier molecular flexibility index (Phi) is 15.5. The van der Waals surface area contributed by atoms with Crippen LogP contribution in [-0.2, 0) is 0 Å². The highest BCUT2D eigenvalue weighted by Gasteiger charge is 2.62. The van der Waals surface area contributed by atoms with Gasteiger partial charge in [-0.05, 0) is 246 Å². The van der Waals surface area contributed by atoms with Gasteiger partial charge in [-0.1, -0.05) is 166 Å². The summed E-state index contributed by atoms with van der Waals surface area (Å²) >= 11 is 0. The van der Waals surface area contributed by atoms with E-state index in [4.69, 9.17) is 0 Å². The second kappa shape index (κ2) is 21.8. The summed E-state index contributed by atoms with van der Waals surface area (Å²) in [4.78, 5) is 0. The van der Waals surface area contributed by atoms with E-state index >= 15 is 0 Å². The van der Waals surface area contributed by atoms with Crippen molar-refractivity contribution in [1.29, 1.82) is 0 Å². The van der Waals surface area contributed by atoms with Gasteiger partial charge in [0.25, 0.3) is 0 Å². The third kappa shape index (κ3) is 9.47. The van der Waals surface area contributed by atoms with Gasteiger partial charge in [0.1, 0.15) is 0 Å². The maximum Gasteiger partial charge on any atom is -0.0200 e. The first-order chi connectivity index (χ1) is 32.8. The van der Waals surface area contributed by atoms with Crippen molar-refractivity contribution in [2.75, 3.05) is 0 Å². The van der Waals surface area contributed by atoms with Crippen LogP contribution in [0, 0.1) is 124 Å². The van der Waals surface area contributed by atoms with Gasteiger partial charge in [-0.2, -0.15) is 0 Å². The van der Waals surface area contributed by atoms with Crippen LogP contribution in [0.3, 0.4) is 0 Å². The zero-order valence-electron chi connectivity index (χ0n) is 43.6. The minimum absolute atomic E-state index is 0.919. The number of fused-ring (bicyclic) bond motifs is 4. The van der Waals surface area contributed by atoms with Crippen LogP contribution < -0.4 is 0 Å². The number of allylic oxidation sites excluding steroid dienone is 2. The lowest BCUT2D eigenvalue weighted by Crippen LogP contribution is -2.60. The second-order valence-electron chi connectivity index (χ2n) is 28.5. The van der Waals surface area contributed by atoms with Crippen LogP contribution in [0.25, 0.3) is 0 Å². The van der Waals surface area contributed by atoms with E-state index in [2.05, 4.69) is 6.08 Å². The molecule has 372 valence electrons. The van der Waals surface area contributed by atoms with Crippen molar-refractivity contribution < 1.29 is 0 Å². The monoisotopic (exact) mass is 901 g/mol. The summed E-state index contributed by atoms with van der Waals surface area (Å²) in [5.74, 6) is 22.8. The fourth-order valence-electron chi connectivity index (χ4n) is 23.6. The molecule has 0 heterocycles. The molecule has 12 rings (SSSR count). The molecule has 12 saturated carbocycles. The van der Waals surface area contributed by atoms with E-state index < -0.39 is 0 Å². The molecule has 0 heteroatoms. The lowest BCUT2D eigenvalue weighted by molar-refractivity contribution is -0.179. The fourth-order valence-corrected chi connectivity index (χ4v) is 23.6. The average Bonchev–Trinajstić information content (AvgIpc) is 3.40. The molecule has 0 aliphatic heterocycles. The average molecular weight is 902 g/mol. The molecule has 0 aromatic carbocycles. The maximum atomic E-state index is 3.04. The van der Waals surface area contributed by atoms with Crippen LogP contribution in [-0.4, -0.2) is 0 Å². The zero-order chi connectivity index (χ0) is 43.8. The first kappa shape index (κ1) is 46.8. The Bertz CT molecular complexity index is 1450. The topological polar surface area (TPSA) is 0 Å². The molecular formula is C66H108. The molecule has 0 radical (unpaired) electrons. The van der Waals surface area contributed by atoms with Crippen molar-refractivity contribution in [1.82, 2.24) is 0 Å². The molecule has 66 heavy (non-hydrogen) atoms. The molecule has 12 aliphatic rings. The van der Waals surface area contributed by atoms with Crippen molar-refractivity contribution in [3.05, 3.63) is 11.6 Å². The Hall–Kier alpha value is -0.260. The lowest BCUT2D eigenvalue weighted by atomic mass is 9.39. The van der Waals surface area contributed by atoms with Crippen molar-refractivity contribution in [3.8, 4) is 0 Å². The van der Waals surface area contributed by atoms with E-state index in [0.717, 1.165) is 124 Å². The summed E-state index contributed by atoms with van der Waals surface area (Å²) in [6.07, 6.45) is 71.3. The molecule has 0 nitrogen and oxygen atoms in total. The highest BCUT2D eigenvalue weighted by Crippen LogP contribution is 2.69. The summed E-state index contributed by atoms with van der Waals surface area (Å²) < 4.78 is 0. The molecule has 12 aliphatic carbocycles. The van der Waals surface area contributed by atoms with Crippen molar-refractivity contribution in [3.63, 3.8) is 0 Å². The van der Waals surface area contributed by atoms with E-state index in [-0.39, 0.29) is 0 Å². The second-order valence-corrected chi connectivity index (χ2v) is 28.5. The first-order valence-corrected chi connectivity index (χ1v) is 32.5. The van der Waals surface area contributed by atoms with Gasteiger partial charge in [0, 0.05) is 0 Å². The lowest BCUT2D eigenvalue weighted by Gasteiger charge is -2.66. The zero-order valence-corrected chi connectivity index (χ0v) is 43.6. The van der Waals surface area contributed by atoms with Gasteiger partial charge < -0.3 is 0 Å². The molecule has 0 spiro atoms. The SMILES string of the molecule is C(=C(C1CCCCC1)C1CCCCC1)C1CCC(C2C3CCCCC3C(C3C4CCCCC4C(C4CCC(C5CCCCC5)CC4C4CCCCC4)C4CCCCC43)C3CCCCC32)CC1. The van der Waals surface area contributed by atoms with Crippen LogP contribution in [0.2, 0.25) is 0 Å². The predicted molar refractivity (Wildman–Crippen MR) is 280 cm³/mol. The van der Waals surface area contributed by atoms with Gasteiger partial charge in [0.2, 0.25) is 0 Å². The third-order valence-corrected chi connectivity index (χ3v) is 25.9. The van der Waals surface area contributed by atoms with Crippen molar-refractivity contribution in [2.24, 2.45) is 124 Å². The smallest absolute Gasteiger partial charge is 0.0200 e. The molecule has 11 atom stereocenters. The van der Waals surface area contributed by atoms with Gasteiger partial charge in [0.05, 0.1) is 0 Å². The van der Waals surface area contributed by atoms with E-state index in [1.165, 1.54) is 70.6 Å². The highest BCUT2D eigenvalue weighted by molar-refractivity contribution is 5.16. The van der Waals surface area contributed by atoms with Crippen molar-refractivity contribution >= 4 is 0 Å². The van der Waals surface area contributed by atoms with Crippen LogP contribution in [0.5, 0.6) is 0 Å². The molecule has 0 amide bonds. The highest BCUT2D eigenvalue weighted by atomic mass is 14.7. The Balaban J connectivity index is 0.818. The number of hydrogen-bond donors (Lipinski definition) is 0. The Morgan fingerprint density at radius 1 is 0.212 bits per heavy atom. The fraction of sp³-hybridized carbons (Fsp3) is 0.970. The number of hydrogen-bond acceptors (Lipinski definition) is 0. The van der Waals surface area contributed by atoms with Gasteiger partial charge in [-0.3, -0.25) is 0 Å². The first-order valence-electron chi connectivity index (χ1n) is 32.5. The normalized spacial score (nSPS) is 47.1.